The first-order valence-corrected chi connectivity index (χ1v) is 6.25. The van der Waals surface area contributed by atoms with Crippen LogP contribution in [0.1, 0.15) is 24.8 Å². The van der Waals surface area contributed by atoms with E-state index < -0.39 is 11.6 Å². The molecule has 0 aromatic heterocycles. The summed E-state index contributed by atoms with van der Waals surface area (Å²) in [6, 6.07) is 4.57. The highest BCUT2D eigenvalue weighted by molar-refractivity contribution is 5.79. The molecule has 1 aliphatic rings. The minimum atomic E-state index is -0.829. The summed E-state index contributed by atoms with van der Waals surface area (Å²) >= 11 is 0. The number of halogens is 2. The third kappa shape index (κ3) is 3.64. The van der Waals surface area contributed by atoms with Crippen molar-refractivity contribution in [3.63, 3.8) is 0 Å². The van der Waals surface area contributed by atoms with Gasteiger partial charge in [0, 0.05) is 31.1 Å². The summed E-state index contributed by atoms with van der Waals surface area (Å²) in [5, 5.41) is 11.4. The lowest BCUT2D eigenvalue weighted by molar-refractivity contribution is 0.255. The number of rotatable bonds is 6. The monoisotopic (exact) mass is 269 g/mol. The summed E-state index contributed by atoms with van der Waals surface area (Å²) in [4.78, 5) is 2.04. The zero-order chi connectivity index (χ0) is 13.8. The molecule has 19 heavy (non-hydrogen) atoms. The van der Waals surface area contributed by atoms with Crippen LogP contribution in [0.2, 0.25) is 0 Å². The van der Waals surface area contributed by atoms with E-state index in [0.717, 1.165) is 18.9 Å². The lowest BCUT2D eigenvalue weighted by atomic mass is 10.2. The maximum Gasteiger partial charge on any atom is 0.163 e. The van der Waals surface area contributed by atoms with Crippen molar-refractivity contribution in [3.05, 3.63) is 35.4 Å². The van der Waals surface area contributed by atoms with E-state index in [-0.39, 0.29) is 5.84 Å². The van der Waals surface area contributed by atoms with Gasteiger partial charge >= 0.3 is 0 Å². The molecule has 4 nitrogen and oxygen atoms in total. The van der Waals surface area contributed by atoms with E-state index in [1.165, 1.54) is 6.07 Å². The van der Waals surface area contributed by atoms with E-state index >= 15 is 0 Å². The average molecular weight is 269 g/mol. The number of hydrogen-bond acceptors (Lipinski definition) is 3. The first kappa shape index (κ1) is 13.7. The zero-order valence-electron chi connectivity index (χ0n) is 10.5. The highest BCUT2D eigenvalue weighted by atomic mass is 19.2. The number of nitrogens with two attached hydrogens (primary N) is 1. The molecule has 104 valence electrons. The van der Waals surface area contributed by atoms with Gasteiger partial charge in [-0.1, -0.05) is 17.3 Å². The fourth-order valence-corrected chi connectivity index (χ4v) is 2.03. The Hall–Kier alpha value is -1.69. The standard InChI is InChI=1S/C13H17F2N3O/c14-11-3-1-2-9(13(11)15)8-18(10-4-5-10)7-6-12(16)17-19/h1-3,10,19H,4-8H2,(H2,16,17). The average Bonchev–Trinajstić information content (AvgIpc) is 3.23. The smallest absolute Gasteiger partial charge is 0.163 e. The van der Waals surface area contributed by atoms with Gasteiger partial charge in [0.1, 0.15) is 5.84 Å². The van der Waals surface area contributed by atoms with Gasteiger partial charge in [0.15, 0.2) is 11.6 Å². The Morgan fingerprint density at radius 2 is 2.16 bits per heavy atom. The molecular formula is C13H17F2N3O. The van der Waals surface area contributed by atoms with Crippen LogP contribution in [0, 0.1) is 11.6 Å². The summed E-state index contributed by atoms with van der Waals surface area (Å²) in [6.45, 7) is 0.906. The van der Waals surface area contributed by atoms with Crippen LogP contribution in [-0.4, -0.2) is 28.5 Å². The van der Waals surface area contributed by atoms with Crippen molar-refractivity contribution in [1.82, 2.24) is 4.90 Å². The van der Waals surface area contributed by atoms with Crippen LogP contribution < -0.4 is 5.73 Å². The quantitative estimate of drug-likeness (QED) is 0.360. The predicted octanol–water partition coefficient (Wildman–Crippen LogP) is 2.07. The predicted molar refractivity (Wildman–Crippen MR) is 67.8 cm³/mol. The van der Waals surface area contributed by atoms with Crippen LogP contribution in [0.15, 0.2) is 23.4 Å². The number of oxime groups is 1. The summed E-state index contributed by atoms with van der Waals surface area (Å²) in [5.41, 5.74) is 5.77. The molecule has 0 unspecified atom stereocenters. The number of hydrogen-bond donors (Lipinski definition) is 2. The first-order chi connectivity index (χ1) is 9.11. The molecule has 3 N–H and O–H groups in total. The topological polar surface area (TPSA) is 61.8 Å². The number of nitrogens with zero attached hydrogens (tertiary/aromatic N) is 2. The second-order valence-electron chi connectivity index (χ2n) is 4.76. The molecule has 1 aromatic rings. The van der Waals surface area contributed by atoms with Crippen molar-refractivity contribution >= 4 is 5.84 Å². The molecule has 0 spiro atoms. The van der Waals surface area contributed by atoms with E-state index in [1.54, 1.807) is 6.07 Å². The molecule has 1 saturated carbocycles. The summed E-state index contributed by atoms with van der Waals surface area (Å²) in [5.74, 6) is -1.48. The molecule has 1 aromatic carbocycles. The van der Waals surface area contributed by atoms with Crippen molar-refractivity contribution < 1.29 is 14.0 Å². The Morgan fingerprint density at radius 1 is 1.42 bits per heavy atom. The van der Waals surface area contributed by atoms with Gasteiger partial charge in [-0.05, 0) is 18.9 Å². The van der Waals surface area contributed by atoms with Crippen LogP contribution in [0.4, 0.5) is 8.78 Å². The SMILES string of the molecule is NC(CCN(Cc1cccc(F)c1F)C1CC1)=NO. The Kier molecular flexibility index (Phi) is 4.31. The largest absolute Gasteiger partial charge is 0.409 e. The van der Waals surface area contributed by atoms with Crippen LogP contribution in [-0.2, 0) is 6.54 Å². The molecule has 0 saturated heterocycles. The molecule has 0 bridgehead atoms. The van der Waals surface area contributed by atoms with E-state index in [2.05, 4.69) is 5.16 Å². The van der Waals surface area contributed by atoms with Gasteiger partial charge < -0.3 is 10.9 Å². The summed E-state index contributed by atoms with van der Waals surface area (Å²) in [6.07, 6.45) is 2.50. The van der Waals surface area contributed by atoms with Gasteiger partial charge in [0.05, 0.1) is 0 Å². The third-order valence-corrected chi connectivity index (χ3v) is 3.25. The van der Waals surface area contributed by atoms with Crippen molar-refractivity contribution in [2.24, 2.45) is 10.9 Å². The van der Waals surface area contributed by atoms with Crippen molar-refractivity contribution in [2.45, 2.75) is 31.8 Å². The fraction of sp³-hybridized carbons (Fsp3) is 0.462. The summed E-state index contributed by atoms with van der Waals surface area (Å²) < 4.78 is 26.8. The molecule has 0 amide bonds. The minimum absolute atomic E-state index is 0.144. The molecule has 1 fully saturated rings. The van der Waals surface area contributed by atoms with E-state index in [4.69, 9.17) is 10.9 Å². The molecule has 1 aliphatic carbocycles. The molecule has 2 rings (SSSR count). The molecule has 6 heteroatoms. The summed E-state index contributed by atoms with van der Waals surface area (Å²) in [7, 11) is 0. The van der Waals surface area contributed by atoms with Crippen molar-refractivity contribution in [3.8, 4) is 0 Å². The van der Waals surface area contributed by atoms with Gasteiger partial charge in [0.25, 0.3) is 0 Å². The first-order valence-electron chi connectivity index (χ1n) is 6.25. The molecule has 0 atom stereocenters. The van der Waals surface area contributed by atoms with Gasteiger partial charge in [-0.15, -0.1) is 0 Å². The van der Waals surface area contributed by atoms with Crippen molar-refractivity contribution in [2.75, 3.05) is 6.54 Å². The van der Waals surface area contributed by atoms with Crippen LogP contribution in [0.5, 0.6) is 0 Å². The van der Waals surface area contributed by atoms with Crippen LogP contribution in [0.25, 0.3) is 0 Å². The molecule has 0 heterocycles. The normalized spacial score (nSPS) is 16.1. The number of amidine groups is 1. The molecule has 0 aliphatic heterocycles. The van der Waals surface area contributed by atoms with Crippen molar-refractivity contribution in [1.29, 1.82) is 0 Å². The Labute approximate surface area is 110 Å². The van der Waals surface area contributed by atoms with E-state index in [1.807, 2.05) is 4.90 Å². The second kappa shape index (κ2) is 5.97. The molecular weight excluding hydrogens is 252 g/mol. The van der Waals surface area contributed by atoms with E-state index in [9.17, 15) is 8.78 Å². The highest BCUT2D eigenvalue weighted by Gasteiger charge is 2.29. The maximum atomic E-state index is 13.6. The Bertz CT molecular complexity index is 475. The van der Waals surface area contributed by atoms with E-state index in [0.29, 0.717) is 31.1 Å². The fourth-order valence-electron chi connectivity index (χ4n) is 2.03. The lowest BCUT2D eigenvalue weighted by Gasteiger charge is -2.22. The van der Waals surface area contributed by atoms with Gasteiger partial charge in [-0.25, -0.2) is 8.78 Å². The highest BCUT2D eigenvalue weighted by Crippen LogP contribution is 2.29. The van der Waals surface area contributed by atoms with Gasteiger partial charge in [-0.3, -0.25) is 4.90 Å². The Morgan fingerprint density at radius 3 is 2.79 bits per heavy atom. The zero-order valence-corrected chi connectivity index (χ0v) is 10.5. The van der Waals surface area contributed by atoms with Crippen LogP contribution in [0.3, 0.4) is 0 Å². The maximum absolute atomic E-state index is 13.6. The van der Waals surface area contributed by atoms with Gasteiger partial charge in [-0.2, -0.15) is 0 Å². The number of benzene rings is 1. The third-order valence-electron chi connectivity index (χ3n) is 3.25. The van der Waals surface area contributed by atoms with Gasteiger partial charge in [0.2, 0.25) is 0 Å². The second-order valence-corrected chi connectivity index (χ2v) is 4.76. The minimum Gasteiger partial charge on any atom is -0.409 e. The lowest BCUT2D eigenvalue weighted by Crippen LogP contribution is -2.30. The molecule has 0 radical (unpaired) electrons. The van der Waals surface area contributed by atoms with Crippen LogP contribution >= 0.6 is 0 Å². The Balaban J connectivity index is 2.02.